The molecule has 0 unspecified atom stereocenters. The van der Waals surface area contributed by atoms with Gasteiger partial charge in [0, 0.05) is 26.1 Å². The van der Waals surface area contributed by atoms with Crippen LogP contribution >= 0.6 is 0 Å². The van der Waals surface area contributed by atoms with Gasteiger partial charge in [-0.05, 0) is 12.1 Å². The lowest BCUT2D eigenvalue weighted by Gasteiger charge is -2.25. The summed E-state index contributed by atoms with van der Waals surface area (Å²) in [6.07, 6.45) is -1.39. The zero-order valence-electron chi connectivity index (χ0n) is 15.3. The van der Waals surface area contributed by atoms with Crippen LogP contribution in [-0.2, 0) is 4.74 Å². The molecule has 0 bridgehead atoms. The maximum Gasteiger partial charge on any atom is 0.511 e. The van der Waals surface area contributed by atoms with Gasteiger partial charge in [0.05, 0.1) is 47.6 Å². The number of rotatable bonds is 3. The summed E-state index contributed by atoms with van der Waals surface area (Å²) in [5.41, 5.74) is -0.105. The molecule has 5 rings (SSSR count). The number of carboxylic acid groups (broad SMARTS) is 1. The number of carbonyl (C=O) groups is 1. The number of pyridine rings is 1. The fourth-order valence-corrected chi connectivity index (χ4v) is 4.25. The van der Waals surface area contributed by atoms with Crippen LogP contribution in [0.15, 0.2) is 23.1 Å². The molecule has 0 spiro atoms. The summed E-state index contributed by atoms with van der Waals surface area (Å²) in [4.78, 5) is 25.4. The molecule has 10 heteroatoms. The van der Waals surface area contributed by atoms with Crippen molar-refractivity contribution in [2.24, 2.45) is 0 Å². The maximum atomic E-state index is 15.0. The summed E-state index contributed by atoms with van der Waals surface area (Å²) in [7, 11) is 0. The number of anilines is 1. The monoisotopic (exact) mass is 407 g/mol. The number of morpholine rings is 1. The van der Waals surface area contributed by atoms with Gasteiger partial charge in [-0.2, -0.15) is 0 Å². The van der Waals surface area contributed by atoms with E-state index in [9.17, 15) is 18.4 Å². The number of aromatic nitrogens is 1. The molecule has 2 saturated heterocycles. The zero-order valence-corrected chi connectivity index (χ0v) is 15.3. The summed E-state index contributed by atoms with van der Waals surface area (Å²) in [5.74, 6) is -1.08. The van der Waals surface area contributed by atoms with Crippen molar-refractivity contribution in [2.45, 2.75) is 30.8 Å². The molecule has 1 aromatic heterocycles. The van der Waals surface area contributed by atoms with Crippen molar-refractivity contribution in [1.29, 1.82) is 0 Å². The highest BCUT2D eigenvalue weighted by Crippen LogP contribution is 2.42. The van der Waals surface area contributed by atoms with Gasteiger partial charge in [0.2, 0.25) is 5.43 Å². The Morgan fingerprint density at radius 2 is 2.14 bits per heavy atom. The SMILES string of the molecule is O=C(O)Oc1cn([C@@H]2C[C@@H]2F)c2cc(N3C[C@@H]4NCCO[C@H]4C3)c(F)cc2c1=O. The van der Waals surface area contributed by atoms with Gasteiger partial charge < -0.3 is 29.4 Å². The predicted molar refractivity (Wildman–Crippen MR) is 99.1 cm³/mol. The van der Waals surface area contributed by atoms with Gasteiger partial charge in [-0.25, -0.2) is 13.6 Å². The molecule has 3 fully saturated rings. The van der Waals surface area contributed by atoms with Gasteiger partial charge in [0.25, 0.3) is 0 Å². The predicted octanol–water partition coefficient (Wildman–Crippen LogP) is 1.66. The molecule has 154 valence electrons. The first-order valence-corrected chi connectivity index (χ1v) is 9.45. The molecule has 2 N–H and O–H groups in total. The van der Waals surface area contributed by atoms with E-state index in [1.54, 1.807) is 0 Å². The average molecular weight is 407 g/mol. The summed E-state index contributed by atoms with van der Waals surface area (Å²) >= 11 is 0. The van der Waals surface area contributed by atoms with Crippen molar-refractivity contribution in [1.82, 2.24) is 9.88 Å². The van der Waals surface area contributed by atoms with Crippen LogP contribution in [0, 0.1) is 5.82 Å². The van der Waals surface area contributed by atoms with Crippen LogP contribution in [0.25, 0.3) is 10.9 Å². The lowest BCUT2D eigenvalue weighted by Crippen LogP contribution is -2.47. The maximum absolute atomic E-state index is 15.0. The van der Waals surface area contributed by atoms with E-state index in [2.05, 4.69) is 10.1 Å². The van der Waals surface area contributed by atoms with Gasteiger partial charge >= 0.3 is 6.16 Å². The van der Waals surface area contributed by atoms with Gasteiger partial charge in [-0.1, -0.05) is 0 Å². The van der Waals surface area contributed by atoms with Crippen LogP contribution in [0.1, 0.15) is 12.5 Å². The van der Waals surface area contributed by atoms with E-state index in [-0.39, 0.29) is 24.0 Å². The molecule has 2 aliphatic heterocycles. The van der Waals surface area contributed by atoms with Crippen LogP contribution < -0.4 is 20.4 Å². The molecule has 3 heterocycles. The van der Waals surface area contributed by atoms with E-state index < -0.39 is 35.4 Å². The highest BCUT2D eigenvalue weighted by molar-refractivity contribution is 5.85. The van der Waals surface area contributed by atoms with E-state index >= 15 is 0 Å². The van der Waals surface area contributed by atoms with Crippen LogP contribution in [0.3, 0.4) is 0 Å². The largest absolute Gasteiger partial charge is 0.511 e. The van der Waals surface area contributed by atoms with Crippen LogP contribution in [-0.4, -0.2) is 60.4 Å². The number of nitrogens with zero attached hydrogens (tertiary/aromatic N) is 2. The average Bonchev–Trinajstić information content (AvgIpc) is 3.24. The third kappa shape index (κ3) is 3.12. The number of hydrogen-bond acceptors (Lipinski definition) is 6. The Morgan fingerprint density at radius 3 is 2.83 bits per heavy atom. The first kappa shape index (κ1) is 18.3. The number of nitrogens with one attached hydrogen (secondary N) is 1. The summed E-state index contributed by atoms with van der Waals surface area (Å²) in [6, 6.07) is 2.15. The smallest absolute Gasteiger partial charge is 0.449 e. The Hall–Kier alpha value is -2.72. The Morgan fingerprint density at radius 1 is 1.34 bits per heavy atom. The second kappa shape index (κ2) is 6.67. The Labute approximate surface area is 163 Å². The van der Waals surface area contributed by atoms with E-state index in [4.69, 9.17) is 9.84 Å². The van der Waals surface area contributed by atoms with Gasteiger partial charge in [0.15, 0.2) is 5.75 Å². The fraction of sp³-hybridized carbons (Fsp3) is 0.474. The molecule has 2 aromatic rings. The first-order chi connectivity index (χ1) is 13.9. The quantitative estimate of drug-likeness (QED) is 0.748. The second-order valence-electron chi connectivity index (χ2n) is 7.61. The number of hydrogen-bond donors (Lipinski definition) is 2. The number of fused-ring (bicyclic) bond motifs is 2. The van der Waals surface area contributed by atoms with Gasteiger partial charge in [-0.3, -0.25) is 4.79 Å². The minimum absolute atomic E-state index is 0.0462. The lowest BCUT2D eigenvalue weighted by atomic mass is 10.1. The third-order valence-electron chi connectivity index (χ3n) is 5.75. The highest BCUT2D eigenvalue weighted by Gasteiger charge is 2.41. The summed E-state index contributed by atoms with van der Waals surface area (Å²) < 4.78 is 40.5. The van der Waals surface area contributed by atoms with E-state index in [1.165, 1.54) is 16.8 Å². The number of alkyl halides is 1. The highest BCUT2D eigenvalue weighted by atomic mass is 19.1. The zero-order chi connectivity index (χ0) is 20.3. The Kier molecular flexibility index (Phi) is 4.21. The van der Waals surface area contributed by atoms with E-state index in [0.29, 0.717) is 30.9 Å². The molecule has 3 aliphatic rings. The van der Waals surface area contributed by atoms with Crippen LogP contribution in [0.4, 0.5) is 19.3 Å². The normalized spacial score (nSPS) is 28.4. The van der Waals surface area contributed by atoms with E-state index in [0.717, 1.165) is 12.6 Å². The molecular weight excluding hydrogens is 388 g/mol. The Balaban J connectivity index is 1.62. The molecular formula is C19H19F2N3O5. The standard InChI is InChI=1S/C19H19F2N3O5/c20-10-3-9-13(5-14(10)23-6-12-16(7-23)28-2-1-22-12)24(15-4-11(15)21)8-17(18(9)25)29-19(26)27/h3,5,8,11-12,15-16,22H,1-2,4,6-7H2,(H,26,27)/t11-,12-,15+,16-/m0/s1. The molecule has 0 amide bonds. The van der Waals surface area contributed by atoms with E-state index in [1.807, 2.05) is 4.90 Å². The molecule has 1 aliphatic carbocycles. The summed E-state index contributed by atoms with van der Waals surface area (Å²) in [5, 5.41) is 12.2. The Bertz CT molecular complexity index is 1040. The molecule has 29 heavy (non-hydrogen) atoms. The van der Waals surface area contributed by atoms with Gasteiger partial charge in [0.1, 0.15) is 12.0 Å². The number of benzene rings is 1. The topological polar surface area (TPSA) is 93.0 Å². The minimum atomic E-state index is -1.66. The van der Waals surface area contributed by atoms with Crippen LogP contribution in [0.5, 0.6) is 5.75 Å². The van der Waals surface area contributed by atoms with Crippen LogP contribution in [0.2, 0.25) is 0 Å². The number of halogens is 2. The number of ether oxygens (including phenoxy) is 2. The van der Waals surface area contributed by atoms with Crippen molar-refractivity contribution in [3.8, 4) is 5.75 Å². The van der Waals surface area contributed by atoms with Crippen molar-refractivity contribution >= 4 is 22.7 Å². The van der Waals surface area contributed by atoms with Gasteiger partial charge in [-0.15, -0.1) is 0 Å². The molecule has 0 radical (unpaired) electrons. The van der Waals surface area contributed by atoms with Crippen molar-refractivity contribution in [3.63, 3.8) is 0 Å². The summed E-state index contributed by atoms with van der Waals surface area (Å²) in [6.45, 7) is 2.38. The fourth-order valence-electron chi connectivity index (χ4n) is 4.25. The second-order valence-corrected chi connectivity index (χ2v) is 7.61. The third-order valence-corrected chi connectivity index (χ3v) is 5.75. The van der Waals surface area contributed by atoms with Crippen molar-refractivity contribution in [3.05, 3.63) is 34.4 Å². The minimum Gasteiger partial charge on any atom is -0.449 e. The molecule has 1 aromatic carbocycles. The van der Waals surface area contributed by atoms with Crippen molar-refractivity contribution < 1.29 is 28.2 Å². The van der Waals surface area contributed by atoms with Crippen molar-refractivity contribution in [2.75, 3.05) is 31.1 Å². The molecule has 1 saturated carbocycles. The first-order valence-electron chi connectivity index (χ1n) is 9.45. The molecule has 4 atom stereocenters. The lowest BCUT2D eigenvalue weighted by molar-refractivity contribution is 0.0212. The molecule has 8 nitrogen and oxygen atoms in total.